The van der Waals surface area contributed by atoms with E-state index in [1.54, 1.807) is 0 Å². The predicted octanol–water partition coefficient (Wildman–Crippen LogP) is 2.66. The van der Waals surface area contributed by atoms with Crippen molar-refractivity contribution in [2.45, 2.75) is 44.6 Å². The molecule has 2 aliphatic carbocycles. The number of aliphatic imine (C=N–C) groups is 1. The van der Waals surface area contributed by atoms with Crippen molar-refractivity contribution in [2.24, 2.45) is 10.9 Å². The lowest BCUT2D eigenvalue weighted by molar-refractivity contribution is -0.133. The molecule has 1 aliphatic heterocycles. The summed E-state index contributed by atoms with van der Waals surface area (Å²) in [5, 5.41) is 9.23. The smallest absolute Gasteiger partial charge is 0.332 e. The standard InChI is InChI=1S/C14H17NO3/c16-14(17)10-6-2-1-5-9(10)13-15-11-7-3-4-8-12(11)18-13/h6,8-9,11H,1-5,7H2,(H,16,17). The van der Waals surface area contributed by atoms with Crippen molar-refractivity contribution in [1.29, 1.82) is 0 Å². The molecule has 0 saturated carbocycles. The summed E-state index contributed by atoms with van der Waals surface area (Å²) in [5.41, 5.74) is 0.458. The van der Waals surface area contributed by atoms with Crippen LogP contribution >= 0.6 is 0 Å². The highest BCUT2D eigenvalue weighted by molar-refractivity contribution is 5.97. The van der Waals surface area contributed by atoms with Crippen LogP contribution in [0.25, 0.3) is 0 Å². The second-order valence-electron chi connectivity index (χ2n) is 5.07. The largest absolute Gasteiger partial charge is 0.478 e. The Morgan fingerprint density at radius 2 is 2.06 bits per heavy atom. The van der Waals surface area contributed by atoms with Crippen molar-refractivity contribution < 1.29 is 14.6 Å². The molecule has 96 valence electrons. The Kier molecular flexibility index (Phi) is 2.94. The van der Waals surface area contributed by atoms with Crippen LogP contribution in [0.3, 0.4) is 0 Å². The molecular weight excluding hydrogens is 230 g/mol. The van der Waals surface area contributed by atoms with Gasteiger partial charge in [0.15, 0.2) is 5.90 Å². The third kappa shape index (κ3) is 1.96. The lowest BCUT2D eigenvalue weighted by Gasteiger charge is -2.20. The Morgan fingerprint density at radius 3 is 2.83 bits per heavy atom. The maximum atomic E-state index is 11.2. The molecule has 0 aromatic rings. The number of hydrogen-bond donors (Lipinski definition) is 1. The van der Waals surface area contributed by atoms with E-state index < -0.39 is 5.97 Å². The molecule has 0 aromatic heterocycles. The average molecular weight is 247 g/mol. The number of carboxylic acid groups (broad SMARTS) is 1. The number of allylic oxidation sites excluding steroid dienone is 2. The minimum Gasteiger partial charge on any atom is -0.478 e. The lowest BCUT2D eigenvalue weighted by Crippen LogP contribution is -2.24. The minimum absolute atomic E-state index is 0.144. The molecule has 0 aromatic carbocycles. The first kappa shape index (κ1) is 11.5. The van der Waals surface area contributed by atoms with E-state index in [-0.39, 0.29) is 12.0 Å². The van der Waals surface area contributed by atoms with Gasteiger partial charge in [-0.1, -0.05) is 6.08 Å². The first-order valence-corrected chi connectivity index (χ1v) is 6.64. The molecule has 0 radical (unpaired) electrons. The van der Waals surface area contributed by atoms with E-state index in [0.717, 1.165) is 44.3 Å². The van der Waals surface area contributed by atoms with Gasteiger partial charge in [-0.3, -0.25) is 0 Å². The summed E-state index contributed by atoms with van der Waals surface area (Å²) in [6.45, 7) is 0. The van der Waals surface area contributed by atoms with Crippen LogP contribution < -0.4 is 0 Å². The topological polar surface area (TPSA) is 58.9 Å². The first-order valence-electron chi connectivity index (χ1n) is 6.64. The average Bonchev–Trinajstić information content (AvgIpc) is 2.82. The van der Waals surface area contributed by atoms with Gasteiger partial charge in [0.05, 0.1) is 5.92 Å². The fourth-order valence-corrected chi connectivity index (χ4v) is 2.90. The summed E-state index contributed by atoms with van der Waals surface area (Å²) < 4.78 is 5.79. The maximum Gasteiger partial charge on any atom is 0.332 e. The van der Waals surface area contributed by atoms with Gasteiger partial charge in [0.2, 0.25) is 0 Å². The lowest BCUT2D eigenvalue weighted by atomic mass is 9.87. The molecule has 0 fully saturated rings. The molecule has 3 rings (SSSR count). The number of carbonyl (C=O) groups is 1. The number of fused-ring (bicyclic) bond motifs is 1. The van der Waals surface area contributed by atoms with Gasteiger partial charge in [0.1, 0.15) is 11.8 Å². The number of rotatable bonds is 2. The van der Waals surface area contributed by atoms with Crippen molar-refractivity contribution >= 4 is 11.9 Å². The summed E-state index contributed by atoms with van der Waals surface area (Å²) in [4.78, 5) is 15.8. The molecule has 2 unspecified atom stereocenters. The second-order valence-corrected chi connectivity index (χ2v) is 5.07. The number of aliphatic carboxylic acids is 1. The highest BCUT2D eigenvalue weighted by Crippen LogP contribution is 2.34. The Morgan fingerprint density at radius 1 is 1.28 bits per heavy atom. The van der Waals surface area contributed by atoms with Gasteiger partial charge in [-0.25, -0.2) is 9.79 Å². The molecule has 0 saturated heterocycles. The van der Waals surface area contributed by atoms with E-state index in [1.165, 1.54) is 0 Å². The first-order chi connectivity index (χ1) is 8.75. The van der Waals surface area contributed by atoms with E-state index in [2.05, 4.69) is 11.1 Å². The van der Waals surface area contributed by atoms with Gasteiger partial charge in [-0.15, -0.1) is 0 Å². The molecule has 0 amide bonds. The van der Waals surface area contributed by atoms with Gasteiger partial charge in [-0.05, 0) is 44.6 Å². The van der Waals surface area contributed by atoms with Crippen LogP contribution in [0, 0.1) is 5.92 Å². The van der Waals surface area contributed by atoms with Gasteiger partial charge >= 0.3 is 5.97 Å². The summed E-state index contributed by atoms with van der Waals surface area (Å²) in [5.74, 6) is 0.575. The van der Waals surface area contributed by atoms with Gasteiger partial charge in [-0.2, -0.15) is 0 Å². The maximum absolute atomic E-state index is 11.2. The number of carboxylic acids is 1. The van der Waals surface area contributed by atoms with Crippen molar-refractivity contribution in [3.05, 3.63) is 23.5 Å². The molecule has 1 N–H and O–H groups in total. The molecular formula is C14H17NO3. The Bertz CT molecular complexity index is 462. The molecule has 4 heteroatoms. The normalized spacial score (nSPS) is 30.8. The second kappa shape index (κ2) is 4.59. The molecule has 1 heterocycles. The highest BCUT2D eigenvalue weighted by atomic mass is 16.5. The third-order valence-corrected chi connectivity index (χ3v) is 3.84. The monoisotopic (exact) mass is 247 g/mol. The minimum atomic E-state index is -0.838. The van der Waals surface area contributed by atoms with Crippen molar-refractivity contribution in [3.8, 4) is 0 Å². The Balaban J connectivity index is 1.85. The zero-order valence-electron chi connectivity index (χ0n) is 10.3. The van der Waals surface area contributed by atoms with Gasteiger partial charge < -0.3 is 9.84 Å². The van der Waals surface area contributed by atoms with Crippen molar-refractivity contribution in [1.82, 2.24) is 0 Å². The van der Waals surface area contributed by atoms with Crippen LogP contribution in [0.2, 0.25) is 0 Å². The van der Waals surface area contributed by atoms with E-state index in [4.69, 9.17) is 4.74 Å². The van der Waals surface area contributed by atoms with Crippen LogP contribution in [0.15, 0.2) is 28.5 Å². The summed E-state index contributed by atoms with van der Waals surface area (Å²) in [6.07, 6.45) is 9.80. The molecule has 0 bridgehead atoms. The quantitative estimate of drug-likeness (QED) is 0.816. The summed E-state index contributed by atoms with van der Waals surface area (Å²) in [6, 6.07) is 0.144. The van der Waals surface area contributed by atoms with Crippen LogP contribution in [-0.2, 0) is 9.53 Å². The van der Waals surface area contributed by atoms with Gasteiger partial charge in [0, 0.05) is 5.57 Å². The number of nitrogens with zero attached hydrogens (tertiary/aromatic N) is 1. The molecule has 0 spiro atoms. The van der Waals surface area contributed by atoms with Gasteiger partial charge in [0.25, 0.3) is 0 Å². The zero-order valence-corrected chi connectivity index (χ0v) is 10.3. The Labute approximate surface area is 106 Å². The van der Waals surface area contributed by atoms with E-state index in [9.17, 15) is 9.90 Å². The molecule has 3 aliphatic rings. The van der Waals surface area contributed by atoms with Crippen molar-refractivity contribution in [3.63, 3.8) is 0 Å². The predicted molar refractivity (Wildman–Crippen MR) is 67.3 cm³/mol. The SMILES string of the molecule is O=C(O)C1=CCCCC1C1=NC2CCCC=C2O1. The fourth-order valence-electron chi connectivity index (χ4n) is 2.90. The van der Waals surface area contributed by atoms with Crippen LogP contribution in [0.1, 0.15) is 38.5 Å². The number of hydrogen-bond acceptors (Lipinski definition) is 3. The third-order valence-electron chi connectivity index (χ3n) is 3.84. The zero-order chi connectivity index (χ0) is 12.5. The van der Waals surface area contributed by atoms with E-state index in [1.807, 2.05) is 6.08 Å². The summed E-state index contributed by atoms with van der Waals surface area (Å²) >= 11 is 0. The fraction of sp³-hybridized carbons (Fsp3) is 0.571. The Hall–Kier alpha value is -1.58. The van der Waals surface area contributed by atoms with Crippen LogP contribution in [0.4, 0.5) is 0 Å². The van der Waals surface area contributed by atoms with E-state index >= 15 is 0 Å². The van der Waals surface area contributed by atoms with Crippen LogP contribution in [-0.4, -0.2) is 23.0 Å². The summed E-state index contributed by atoms with van der Waals surface area (Å²) in [7, 11) is 0. The van der Waals surface area contributed by atoms with Crippen LogP contribution in [0.5, 0.6) is 0 Å². The highest BCUT2D eigenvalue weighted by Gasteiger charge is 2.35. The number of ether oxygens (including phenoxy) is 1. The molecule has 4 nitrogen and oxygen atoms in total. The van der Waals surface area contributed by atoms with E-state index in [0.29, 0.717) is 11.5 Å². The molecule has 2 atom stereocenters. The molecule has 18 heavy (non-hydrogen) atoms. The van der Waals surface area contributed by atoms with Crippen molar-refractivity contribution in [2.75, 3.05) is 0 Å².